The van der Waals surface area contributed by atoms with E-state index in [4.69, 9.17) is 4.74 Å². The third-order valence-electron chi connectivity index (χ3n) is 4.25. The van der Waals surface area contributed by atoms with Gasteiger partial charge in [-0.05, 0) is 12.1 Å². The Morgan fingerprint density at radius 2 is 2.15 bits per heavy atom. The first-order valence-electron chi connectivity index (χ1n) is 8.67. The van der Waals surface area contributed by atoms with Crippen LogP contribution >= 0.6 is 11.8 Å². The molecule has 8 heteroatoms. The monoisotopic (exact) mass is 378 g/mol. The molecule has 0 atom stereocenters. The van der Waals surface area contributed by atoms with Crippen molar-refractivity contribution in [2.24, 2.45) is 7.05 Å². The van der Waals surface area contributed by atoms with Gasteiger partial charge in [0.2, 0.25) is 0 Å². The van der Waals surface area contributed by atoms with Gasteiger partial charge in [-0.15, -0.1) is 0 Å². The van der Waals surface area contributed by atoms with Crippen LogP contribution in [-0.2, 0) is 7.05 Å². The number of amides is 2. The summed E-state index contributed by atoms with van der Waals surface area (Å²) >= 11 is 1.61. The van der Waals surface area contributed by atoms with Crippen LogP contribution in [0.3, 0.4) is 0 Å². The second kappa shape index (κ2) is 8.93. The second-order valence-corrected chi connectivity index (χ2v) is 7.20. The Balaban J connectivity index is 1.35. The molecule has 0 aliphatic carbocycles. The van der Waals surface area contributed by atoms with E-state index in [2.05, 4.69) is 10.3 Å². The minimum absolute atomic E-state index is 0.0603. The van der Waals surface area contributed by atoms with Crippen molar-refractivity contribution < 1.29 is 13.9 Å². The number of benzene rings is 1. The van der Waals surface area contributed by atoms with Gasteiger partial charge in [-0.2, -0.15) is 0 Å². The van der Waals surface area contributed by atoms with Gasteiger partial charge in [0.1, 0.15) is 6.10 Å². The molecule has 1 aliphatic rings. The number of aryl methyl sites for hydroxylation is 1. The smallest absolute Gasteiger partial charge is 0.317 e. The van der Waals surface area contributed by atoms with Gasteiger partial charge in [0.15, 0.2) is 16.7 Å². The third kappa shape index (κ3) is 4.91. The lowest BCUT2D eigenvalue weighted by molar-refractivity contribution is 0.108. The lowest BCUT2D eigenvalue weighted by Crippen LogP contribution is -2.47. The number of urea groups is 1. The molecule has 1 aliphatic heterocycles. The number of ether oxygens (including phenoxy) is 1. The molecule has 1 saturated heterocycles. The van der Waals surface area contributed by atoms with Crippen LogP contribution in [0.15, 0.2) is 41.8 Å². The molecule has 2 amide bonds. The van der Waals surface area contributed by atoms with E-state index in [9.17, 15) is 9.18 Å². The maximum Gasteiger partial charge on any atom is 0.317 e. The Kier molecular flexibility index (Phi) is 6.38. The van der Waals surface area contributed by atoms with Crippen molar-refractivity contribution in [2.75, 3.05) is 25.4 Å². The molecule has 26 heavy (non-hydrogen) atoms. The topological polar surface area (TPSA) is 59.4 Å². The van der Waals surface area contributed by atoms with Crippen molar-refractivity contribution in [3.8, 4) is 5.75 Å². The quantitative estimate of drug-likeness (QED) is 0.620. The van der Waals surface area contributed by atoms with E-state index in [1.54, 1.807) is 41.1 Å². The molecule has 0 unspecified atom stereocenters. The number of carbonyl (C=O) groups is 1. The highest BCUT2D eigenvalue weighted by Crippen LogP contribution is 2.21. The summed E-state index contributed by atoms with van der Waals surface area (Å²) in [7, 11) is 1.95. The number of nitrogens with zero attached hydrogens (tertiary/aromatic N) is 3. The SMILES string of the molecule is Cn1ccnc1SCCNC(=O)N1CCC(Oc2ccccc2F)CC1. The van der Waals surface area contributed by atoms with Crippen molar-refractivity contribution in [1.82, 2.24) is 19.8 Å². The van der Waals surface area contributed by atoms with Crippen LogP contribution in [-0.4, -0.2) is 52.0 Å². The van der Waals surface area contributed by atoms with Crippen LogP contribution in [0.4, 0.5) is 9.18 Å². The number of imidazole rings is 1. The lowest BCUT2D eigenvalue weighted by atomic mass is 10.1. The fraction of sp³-hybridized carbons (Fsp3) is 0.444. The number of para-hydroxylation sites is 1. The van der Waals surface area contributed by atoms with Crippen molar-refractivity contribution in [3.05, 3.63) is 42.5 Å². The van der Waals surface area contributed by atoms with Crippen molar-refractivity contribution >= 4 is 17.8 Å². The number of thioether (sulfide) groups is 1. The fourth-order valence-corrected chi connectivity index (χ4v) is 3.59. The zero-order chi connectivity index (χ0) is 18.4. The predicted octanol–water partition coefficient (Wildman–Crippen LogP) is 2.90. The molecular formula is C18H23FN4O2S. The predicted molar refractivity (Wildman–Crippen MR) is 99.0 cm³/mol. The van der Waals surface area contributed by atoms with Gasteiger partial charge in [0.25, 0.3) is 0 Å². The van der Waals surface area contributed by atoms with E-state index in [0.717, 1.165) is 10.9 Å². The molecule has 0 bridgehead atoms. The van der Waals surface area contributed by atoms with E-state index >= 15 is 0 Å². The first-order valence-corrected chi connectivity index (χ1v) is 9.66. The van der Waals surface area contributed by atoms with E-state index in [1.165, 1.54) is 6.07 Å². The third-order valence-corrected chi connectivity index (χ3v) is 5.31. The van der Waals surface area contributed by atoms with E-state index in [-0.39, 0.29) is 23.7 Å². The summed E-state index contributed by atoms with van der Waals surface area (Å²) in [5.41, 5.74) is 0. The maximum atomic E-state index is 13.6. The average molecular weight is 378 g/mol. The molecule has 6 nitrogen and oxygen atoms in total. The standard InChI is InChI=1S/C18H23FN4O2S/c1-22-12-8-21-18(22)26-13-9-20-17(24)23-10-6-14(7-11-23)25-16-5-3-2-4-15(16)19/h2-5,8,12,14H,6-7,9-11,13H2,1H3,(H,20,24). The number of likely N-dealkylation sites (tertiary alicyclic amines) is 1. The van der Waals surface area contributed by atoms with Crippen molar-refractivity contribution in [2.45, 2.75) is 24.1 Å². The molecule has 0 saturated carbocycles. The van der Waals surface area contributed by atoms with E-state index in [0.29, 0.717) is 32.5 Å². The van der Waals surface area contributed by atoms with Crippen LogP contribution in [0.1, 0.15) is 12.8 Å². The minimum atomic E-state index is -0.349. The molecule has 1 fully saturated rings. The Hall–Kier alpha value is -2.22. The first-order chi connectivity index (χ1) is 12.6. The molecule has 2 aromatic rings. The molecular weight excluding hydrogens is 355 g/mol. The summed E-state index contributed by atoms with van der Waals surface area (Å²) in [6, 6.07) is 6.36. The molecule has 140 valence electrons. The Morgan fingerprint density at radius 3 is 2.85 bits per heavy atom. The first kappa shape index (κ1) is 18.6. The number of piperidine rings is 1. The van der Waals surface area contributed by atoms with E-state index in [1.807, 2.05) is 17.8 Å². The zero-order valence-electron chi connectivity index (χ0n) is 14.7. The van der Waals surface area contributed by atoms with Crippen LogP contribution in [0.25, 0.3) is 0 Å². The summed E-state index contributed by atoms with van der Waals surface area (Å²) in [4.78, 5) is 18.2. The van der Waals surface area contributed by atoms with Crippen LogP contribution in [0.2, 0.25) is 0 Å². The van der Waals surface area contributed by atoms with Gasteiger partial charge >= 0.3 is 6.03 Å². The normalized spacial score (nSPS) is 15.1. The number of carbonyl (C=O) groups excluding carboxylic acids is 1. The highest BCUT2D eigenvalue weighted by atomic mass is 32.2. The van der Waals surface area contributed by atoms with Crippen molar-refractivity contribution in [1.29, 1.82) is 0 Å². The lowest BCUT2D eigenvalue weighted by Gasteiger charge is -2.32. The molecule has 0 spiro atoms. The summed E-state index contributed by atoms with van der Waals surface area (Å²) in [5.74, 6) is 0.697. The van der Waals surface area contributed by atoms with Gasteiger partial charge in [0, 0.05) is 57.7 Å². The van der Waals surface area contributed by atoms with Crippen molar-refractivity contribution in [3.63, 3.8) is 0 Å². The summed E-state index contributed by atoms with van der Waals surface area (Å²) in [6.45, 7) is 1.80. The van der Waals surface area contributed by atoms with Gasteiger partial charge in [0.05, 0.1) is 0 Å². The number of nitrogens with one attached hydrogen (secondary N) is 1. The molecule has 1 N–H and O–H groups in total. The molecule has 3 rings (SSSR count). The van der Waals surface area contributed by atoms with Gasteiger partial charge in [-0.3, -0.25) is 0 Å². The number of rotatable bonds is 6. The Bertz CT molecular complexity index is 731. The highest BCUT2D eigenvalue weighted by molar-refractivity contribution is 7.99. The minimum Gasteiger partial charge on any atom is -0.487 e. The number of halogens is 1. The largest absolute Gasteiger partial charge is 0.487 e. The zero-order valence-corrected chi connectivity index (χ0v) is 15.5. The Labute approximate surface area is 156 Å². The van der Waals surface area contributed by atoms with Gasteiger partial charge < -0.3 is 19.5 Å². The molecule has 1 aromatic heterocycles. The summed E-state index contributed by atoms with van der Waals surface area (Å²) in [6.07, 6.45) is 4.99. The fourth-order valence-electron chi connectivity index (χ4n) is 2.80. The average Bonchev–Trinajstić information content (AvgIpc) is 3.06. The summed E-state index contributed by atoms with van der Waals surface area (Å²) in [5, 5.41) is 3.87. The molecule has 1 aromatic carbocycles. The van der Waals surface area contributed by atoms with E-state index < -0.39 is 0 Å². The van der Waals surface area contributed by atoms with Crippen LogP contribution in [0.5, 0.6) is 5.75 Å². The number of hydrogen-bond acceptors (Lipinski definition) is 4. The van der Waals surface area contributed by atoms with Crippen LogP contribution in [0, 0.1) is 5.82 Å². The molecule has 2 heterocycles. The molecule has 0 radical (unpaired) electrons. The Morgan fingerprint density at radius 1 is 1.38 bits per heavy atom. The second-order valence-electron chi connectivity index (χ2n) is 6.14. The number of aromatic nitrogens is 2. The maximum absolute atomic E-state index is 13.6. The van der Waals surface area contributed by atoms with Gasteiger partial charge in [-0.25, -0.2) is 14.2 Å². The highest BCUT2D eigenvalue weighted by Gasteiger charge is 2.24. The number of hydrogen-bond donors (Lipinski definition) is 1. The van der Waals surface area contributed by atoms with Crippen LogP contribution < -0.4 is 10.1 Å². The summed E-state index contributed by atoms with van der Waals surface area (Å²) < 4.78 is 21.3. The van der Waals surface area contributed by atoms with Gasteiger partial charge in [-0.1, -0.05) is 23.9 Å².